The Morgan fingerprint density at radius 3 is 2.61 bits per heavy atom. The summed E-state index contributed by atoms with van der Waals surface area (Å²) in [4.78, 5) is 24.1. The quantitative estimate of drug-likeness (QED) is 0.570. The number of halogens is 1. The molecule has 0 atom stereocenters. The maximum Gasteiger partial charge on any atom is 0.241 e. The Morgan fingerprint density at radius 1 is 1.11 bits per heavy atom. The first kappa shape index (κ1) is 20.6. The molecule has 2 amide bonds. The summed E-state index contributed by atoms with van der Waals surface area (Å²) in [5.41, 5.74) is 1.91. The third-order valence-corrected chi connectivity index (χ3v) is 5.50. The number of rotatable bonds is 9. The molecule has 6 nitrogen and oxygen atoms in total. The van der Waals surface area contributed by atoms with Crippen molar-refractivity contribution in [2.75, 3.05) is 5.32 Å². The Bertz CT molecular complexity index is 782. The molecule has 1 aliphatic rings. The highest BCUT2D eigenvalue weighted by Gasteiger charge is 2.17. The van der Waals surface area contributed by atoms with Gasteiger partial charge >= 0.3 is 0 Å². The number of aromatic nitrogens is 2. The molecule has 28 heavy (non-hydrogen) atoms. The van der Waals surface area contributed by atoms with Gasteiger partial charge in [-0.25, -0.2) is 0 Å². The summed E-state index contributed by atoms with van der Waals surface area (Å²) in [6, 6.07) is 8.57. The Hall–Kier alpha value is -2.15. The lowest BCUT2D eigenvalue weighted by atomic mass is 10.1. The van der Waals surface area contributed by atoms with Crippen LogP contribution in [0.1, 0.15) is 50.5 Å². The maximum absolute atomic E-state index is 12.1. The van der Waals surface area contributed by atoms with Crippen LogP contribution in [0.15, 0.2) is 41.1 Å². The van der Waals surface area contributed by atoms with Crippen molar-refractivity contribution >= 4 is 33.4 Å². The van der Waals surface area contributed by atoms with Gasteiger partial charge in [0.2, 0.25) is 11.8 Å². The highest BCUT2D eigenvalue weighted by Crippen LogP contribution is 2.17. The van der Waals surface area contributed by atoms with Crippen LogP contribution in [0.3, 0.4) is 0 Å². The fraction of sp³-hybridized carbons (Fsp3) is 0.476. The number of hydrogen-bond donors (Lipinski definition) is 2. The number of unbranched alkanes of at least 4 members (excludes halogenated alkanes) is 1. The van der Waals surface area contributed by atoms with Crippen LogP contribution < -0.4 is 10.6 Å². The normalized spacial score (nSPS) is 14.2. The molecule has 0 spiro atoms. The molecule has 1 fully saturated rings. The number of anilines is 1. The Labute approximate surface area is 174 Å². The lowest BCUT2D eigenvalue weighted by molar-refractivity contribution is -0.122. The predicted molar refractivity (Wildman–Crippen MR) is 113 cm³/mol. The third-order valence-electron chi connectivity index (χ3n) is 4.98. The van der Waals surface area contributed by atoms with Crippen LogP contribution in [0, 0.1) is 0 Å². The Kier molecular flexibility index (Phi) is 7.65. The Balaban J connectivity index is 1.34. The van der Waals surface area contributed by atoms with Crippen molar-refractivity contribution in [2.24, 2.45) is 0 Å². The zero-order valence-corrected chi connectivity index (χ0v) is 17.6. The number of amides is 2. The minimum atomic E-state index is -0.0270. The van der Waals surface area contributed by atoms with Crippen molar-refractivity contribution in [3.63, 3.8) is 0 Å². The number of aryl methyl sites for hydroxylation is 1. The number of benzene rings is 1. The third kappa shape index (κ3) is 6.78. The first-order valence-electron chi connectivity index (χ1n) is 9.94. The summed E-state index contributed by atoms with van der Waals surface area (Å²) >= 11 is 3.43. The molecule has 0 unspecified atom stereocenters. The van der Waals surface area contributed by atoms with Gasteiger partial charge in [0.1, 0.15) is 6.54 Å². The van der Waals surface area contributed by atoms with Crippen LogP contribution in [0.2, 0.25) is 0 Å². The molecule has 0 aliphatic heterocycles. The summed E-state index contributed by atoms with van der Waals surface area (Å²) < 4.78 is 2.64. The fourth-order valence-corrected chi connectivity index (χ4v) is 3.76. The molecule has 0 radical (unpaired) electrons. The van der Waals surface area contributed by atoms with Gasteiger partial charge in [0.25, 0.3) is 0 Å². The van der Waals surface area contributed by atoms with E-state index in [1.54, 1.807) is 17.1 Å². The average Bonchev–Trinajstić information content (AvgIpc) is 3.32. The molecule has 1 aliphatic carbocycles. The number of hydrogen-bond acceptors (Lipinski definition) is 3. The van der Waals surface area contributed by atoms with E-state index in [1.807, 2.05) is 12.1 Å². The van der Waals surface area contributed by atoms with Crippen molar-refractivity contribution in [1.29, 1.82) is 0 Å². The summed E-state index contributed by atoms with van der Waals surface area (Å²) in [7, 11) is 0. The average molecular weight is 447 g/mol. The number of nitrogens with one attached hydrogen (secondary N) is 2. The van der Waals surface area contributed by atoms with E-state index in [4.69, 9.17) is 0 Å². The van der Waals surface area contributed by atoms with Gasteiger partial charge in [0.05, 0.1) is 11.9 Å². The first-order chi connectivity index (χ1) is 13.6. The van der Waals surface area contributed by atoms with E-state index in [-0.39, 0.29) is 18.4 Å². The SMILES string of the molecule is O=C(CCCCc1ccc(Br)cc1)Nc1cnn(CC(=O)NC2CCCC2)c1. The van der Waals surface area contributed by atoms with E-state index >= 15 is 0 Å². The molecule has 1 aromatic carbocycles. The lowest BCUT2D eigenvalue weighted by Gasteiger charge is -2.11. The van der Waals surface area contributed by atoms with Crippen molar-refractivity contribution in [3.05, 3.63) is 46.7 Å². The highest BCUT2D eigenvalue weighted by molar-refractivity contribution is 9.10. The molecule has 1 aromatic heterocycles. The largest absolute Gasteiger partial charge is 0.352 e. The Morgan fingerprint density at radius 2 is 1.86 bits per heavy atom. The van der Waals surface area contributed by atoms with E-state index < -0.39 is 0 Å². The van der Waals surface area contributed by atoms with Crippen molar-refractivity contribution in [1.82, 2.24) is 15.1 Å². The van der Waals surface area contributed by atoms with E-state index in [9.17, 15) is 9.59 Å². The molecular formula is C21H27BrN4O2. The molecule has 2 N–H and O–H groups in total. The van der Waals surface area contributed by atoms with Crippen LogP contribution in [0.4, 0.5) is 5.69 Å². The number of carbonyl (C=O) groups excluding carboxylic acids is 2. The van der Waals surface area contributed by atoms with Gasteiger partial charge in [0, 0.05) is 23.1 Å². The van der Waals surface area contributed by atoms with Crippen molar-refractivity contribution in [2.45, 2.75) is 64.0 Å². The van der Waals surface area contributed by atoms with Crippen molar-refractivity contribution < 1.29 is 9.59 Å². The lowest BCUT2D eigenvalue weighted by Crippen LogP contribution is -2.35. The van der Waals surface area contributed by atoms with Crippen molar-refractivity contribution in [3.8, 4) is 0 Å². The summed E-state index contributed by atoms with van der Waals surface area (Å²) in [6.07, 6.45) is 11.0. The first-order valence-corrected chi connectivity index (χ1v) is 10.7. The minimum Gasteiger partial charge on any atom is -0.352 e. The zero-order chi connectivity index (χ0) is 19.8. The zero-order valence-electron chi connectivity index (χ0n) is 16.0. The number of nitrogens with zero attached hydrogens (tertiary/aromatic N) is 2. The molecule has 1 saturated carbocycles. The molecule has 150 valence electrons. The number of carbonyl (C=O) groups is 2. The molecule has 1 heterocycles. The van der Waals surface area contributed by atoms with E-state index in [0.29, 0.717) is 18.2 Å². The maximum atomic E-state index is 12.1. The summed E-state index contributed by atoms with van der Waals surface area (Å²) in [6.45, 7) is 0.180. The molecule has 0 saturated heterocycles. The second kappa shape index (κ2) is 10.4. The van der Waals surface area contributed by atoms with Crippen LogP contribution in [-0.4, -0.2) is 27.6 Å². The van der Waals surface area contributed by atoms with Gasteiger partial charge in [-0.1, -0.05) is 40.9 Å². The molecule has 3 rings (SSSR count). The minimum absolute atomic E-state index is 0.0224. The van der Waals surface area contributed by atoms with Crippen LogP contribution in [0.25, 0.3) is 0 Å². The fourth-order valence-electron chi connectivity index (χ4n) is 3.49. The smallest absolute Gasteiger partial charge is 0.241 e. The van der Waals surface area contributed by atoms with E-state index in [1.165, 1.54) is 18.4 Å². The van der Waals surface area contributed by atoms with Gasteiger partial charge in [0.15, 0.2) is 0 Å². The van der Waals surface area contributed by atoms with Crippen LogP contribution in [-0.2, 0) is 22.6 Å². The second-order valence-electron chi connectivity index (χ2n) is 7.36. The second-order valence-corrected chi connectivity index (χ2v) is 8.27. The van der Waals surface area contributed by atoms with Crippen LogP contribution >= 0.6 is 15.9 Å². The molecule has 7 heteroatoms. The van der Waals surface area contributed by atoms with Gasteiger partial charge in [-0.3, -0.25) is 14.3 Å². The molecular weight excluding hydrogens is 420 g/mol. The summed E-state index contributed by atoms with van der Waals surface area (Å²) in [5.74, 6) is -0.0495. The monoisotopic (exact) mass is 446 g/mol. The predicted octanol–water partition coefficient (Wildman–Crippen LogP) is 4.06. The highest BCUT2D eigenvalue weighted by atomic mass is 79.9. The molecule has 2 aromatic rings. The topological polar surface area (TPSA) is 76.0 Å². The molecule has 0 bridgehead atoms. The van der Waals surface area contributed by atoms with Gasteiger partial charge in [-0.15, -0.1) is 0 Å². The summed E-state index contributed by atoms with van der Waals surface area (Å²) in [5, 5.41) is 10.1. The van der Waals surface area contributed by atoms with Gasteiger partial charge < -0.3 is 10.6 Å². The van der Waals surface area contributed by atoms with E-state index in [2.05, 4.69) is 43.8 Å². The van der Waals surface area contributed by atoms with E-state index in [0.717, 1.165) is 36.6 Å². The van der Waals surface area contributed by atoms with Crippen LogP contribution in [0.5, 0.6) is 0 Å². The standard InChI is InChI=1S/C21H27BrN4O2/c22-17-11-9-16(10-12-17)5-1-4-8-20(27)25-19-13-23-26(14-19)15-21(28)24-18-6-2-3-7-18/h9-14,18H,1-8,15H2,(H,24,28)(H,25,27). The van der Waals surface area contributed by atoms with Gasteiger partial charge in [-0.2, -0.15) is 5.10 Å². The van der Waals surface area contributed by atoms with Gasteiger partial charge in [-0.05, 0) is 49.8 Å².